The summed E-state index contributed by atoms with van der Waals surface area (Å²) in [6, 6.07) is 11.6. The van der Waals surface area contributed by atoms with Crippen LogP contribution in [0.15, 0.2) is 30.3 Å². The fourth-order valence-corrected chi connectivity index (χ4v) is 4.00. The van der Waals surface area contributed by atoms with Gasteiger partial charge in [0.05, 0.1) is 0 Å². The molecule has 0 saturated heterocycles. The highest BCUT2D eigenvalue weighted by Crippen LogP contribution is 2.52. The van der Waals surface area contributed by atoms with Gasteiger partial charge in [-0.05, 0) is 30.2 Å². The molecule has 1 N–H and O–H groups in total. The molecule has 2 rings (SSSR count). The van der Waals surface area contributed by atoms with E-state index in [9.17, 15) is 4.21 Å². The lowest BCUT2D eigenvalue weighted by Gasteiger charge is -2.53. The highest BCUT2D eigenvalue weighted by atomic mass is 32.2. The van der Waals surface area contributed by atoms with Gasteiger partial charge in [0.15, 0.2) is 0 Å². The highest BCUT2D eigenvalue weighted by molar-refractivity contribution is 7.84. The maximum absolute atomic E-state index is 11.3. The molecule has 0 amide bonds. The minimum absolute atomic E-state index is 0.269. The maximum atomic E-state index is 11.3. The average molecular weight is 279 g/mol. The van der Waals surface area contributed by atoms with Crippen molar-refractivity contribution in [1.29, 1.82) is 0 Å². The van der Waals surface area contributed by atoms with Gasteiger partial charge < -0.3 is 5.32 Å². The monoisotopic (exact) mass is 279 g/mol. The molecule has 0 bridgehead atoms. The molecule has 0 spiro atoms. The van der Waals surface area contributed by atoms with Gasteiger partial charge in [0.2, 0.25) is 0 Å². The Hall–Kier alpha value is -0.670. The zero-order valence-corrected chi connectivity index (χ0v) is 13.2. The zero-order valence-electron chi connectivity index (χ0n) is 12.3. The lowest BCUT2D eigenvalue weighted by atomic mass is 9.56. The fraction of sp³-hybridized carbons (Fsp3) is 0.625. The third-order valence-corrected chi connectivity index (χ3v) is 5.41. The van der Waals surface area contributed by atoms with E-state index < -0.39 is 10.8 Å². The standard InChI is InChI=1S/C16H25NOS/c1-12(11-19(4)18)17-15-10-14(16(15,2)3)13-8-6-5-7-9-13/h5-9,12,14-15,17H,10-11H2,1-4H3/t12-,14-,15-,19-/m1/s1. The lowest BCUT2D eigenvalue weighted by Crippen LogP contribution is -2.58. The van der Waals surface area contributed by atoms with Gasteiger partial charge in [-0.3, -0.25) is 4.21 Å². The summed E-state index contributed by atoms with van der Waals surface area (Å²) >= 11 is 0. The second-order valence-corrected chi connectivity index (χ2v) is 7.86. The molecule has 1 aromatic carbocycles. The van der Waals surface area contributed by atoms with E-state index in [-0.39, 0.29) is 5.41 Å². The summed E-state index contributed by atoms with van der Waals surface area (Å²) in [6.45, 7) is 6.80. The molecule has 1 aliphatic rings. The molecule has 3 heteroatoms. The minimum Gasteiger partial charge on any atom is -0.310 e. The van der Waals surface area contributed by atoms with Crippen LogP contribution in [0, 0.1) is 5.41 Å². The highest BCUT2D eigenvalue weighted by Gasteiger charge is 2.48. The van der Waals surface area contributed by atoms with Crippen LogP contribution in [0.1, 0.15) is 38.7 Å². The quantitative estimate of drug-likeness (QED) is 0.898. The minimum atomic E-state index is -0.722. The van der Waals surface area contributed by atoms with Crippen molar-refractivity contribution >= 4 is 10.8 Å². The van der Waals surface area contributed by atoms with Gasteiger partial charge in [0.1, 0.15) is 0 Å². The van der Waals surface area contributed by atoms with Crippen molar-refractivity contribution in [3.05, 3.63) is 35.9 Å². The molecular weight excluding hydrogens is 254 g/mol. The van der Waals surface area contributed by atoms with E-state index in [1.54, 1.807) is 6.26 Å². The summed E-state index contributed by atoms with van der Waals surface area (Å²) in [4.78, 5) is 0. The molecule has 0 aliphatic heterocycles. The number of hydrogen-bond donors (Lipinski definition) is 1. The third-order valence-electron chi connectivity index (χ3n) is 4.44. The summed E-state index contributed by atoms with van der Waals surface area (Å²) in [5.74, 6) is 1.37. The summed E-state index contributed by atoms with van der Waals surface area (Å²) in [6.07, 6.45) is 2.95. The Labute approximate surface area is 119 Å². The number of rotatable bonds is 5. The van der Waals surface area contributed by atoms with Gasteiger partial charge >= 0.3 is 0 Å². The molecule has 1 fully saturated rings. The van der Waals surface area contributed by atoms with E-state index in [4.69, 9.17) is 0 Å². The topological polar surface area (TPSA) is 29.1 Å². The van der Waals surface area contributed by atoms with Gasteiger partial charge in [-0.15, -0.1) is 0 Å². The Morgan fingerprint density at radius 3 is 2.53 bits per heavy atom. The fourth-order valence-electron chi connectivity index (χ4n) is 3.20. The van der Waals surface area contributed by atoms with E-state index in [1.165, 1.54) is 12.0 Å². The Morgan fingerprint density at radius 1 is 1.37 bits per heavy atom. The van der Waals surface area contributed by atoms with Crippen molar-refractivity contribution in [3.8, 4) is 0 Å². The average Bonchev–Trinajstić information content (AvgIpc) is 2.34. The van der Waals surface area contributed by atoms with Crippen LogP contribution in [0.5, 0.6) is 0 Å². The lowest BCUT2D eigenvalue weighted by molar-refractivity contribution is 0.0634. The third kappa shape index (κ3) is 3.26. The molecular formula is C16H25NOS. The molecule has 19 heavy (non-hydrogen) atoms. The van der Waals surface area contributed by atoms with Crippen LogP contribution in [0.2, 0.25) is 0 Å². The van der Waals surface area contributed by atoms with Crippen molar-refractivity contribution in [3.63, 3.8) is 0 Å². The predicted molar refractivity (Wildman–Crippen MR) is 82.9 cm³/mol. The number of hydrogen-bond acceptors (Lipinski definition) is 2. The molecule has 4 atom stereocenters. The predicted octanol–water partition coefficient (Wildman–Crippen LogP) is 2.93. The summed E-state index contributed by atoms with van der Waals surface area (Å²) in [5, 5.41) is 3.64. The molecule has 1 aliphatic carbocycles. The maximum Gasteiger partial charge on any atom is 0.0383 e. The Morgan fingerprint density at radius 2 is 2.00 bits per heavy atom. The van der Waals surface area contributed by atoms with Crippen molar-refractivity contribution in [2.45, 2.75) is 45.2 Å². The van der Waals surface area contributed by atoms with Gasteiger partial charge in [-0.1, -0.05) is 44.2 Å². The van der Waals surface area contributed by atoms with Gasteiger partial charge in [0.25, 0.3) is 0 Å². The van der Waals surface area contributed by atoms with Crippen LogP contribution in [0.4, 0.5) is 0 Å². The van der Waals surface area contributed by atoms with Gasteiger partial charge in [-0.25, -0.2) is 0 Å². The molecule has 2 nitrogen and oxygen atoms in total. The first-order valence-electron chi connectivity index (χ1n) is 7.02. The molecule has 1 saturated carbocycles. The van der Waals surface area contributed by atoms with E-state index in [0.29, 0.717) is 18.0 Å². The Balaban J connectivity index is 1.96. The van der Waals surface area contributed by atoms with Crippen molar-refractivity contribution in [1.82, 2.24) is 5.32 Å². The van der Waals surface area contributed by atoms with Crippen molar-refractivity contribution in [2.75, 3.05) is 12.0 Å². The van der Waals surface area contributed by atoms with Crippen LogP contribution < -0.4 is 5.32 Å². The van der Waals surface area contributed by atoms with E-state index in [0.717, 1.165) is 5.75 Å². The van der Waals surface area contributed by atoms with Crippen LogP contribution in [0.3, 0.4) is 0 Å². The largest absolute Gasteiger partial charge is 0.310 e. The number of benzene rings is 1. The summed E-state index contributed by atoms with van der Waals surface area (Å²) in [5.41, 5.74) is 1.71. The molecule has 0 heterocycles. The first kappa shape index (κ1) is 14.7. The first-order valence-corrected chi connectivity index (χ1v) is 8.75. The van der Waals surface area contributed by atoms with Crippen molar-refractivity contribution < 1.29 is 4.21 Å². The SMILES string of the molecule is C[C@H](C[S@@](C)=O)N[C@@H]1C[C@H](c2ccccc2)C1(C)C. The van der Waals surface area contributed by atoms with Crippen LogP contribution in [-0.4, -0.2) is 28.3 Å². The molecule has 0 unspecified atom stereocenters. The Kier molecular flexibility index (Phi) is 4.46. The second kappa shape index (κ2) is 5.76. The Bertz CT molecular complexity index is 443. The van der Waals surface area contributed by atoms with Gasteiger partial charge in [0, 0.05) is 34.9 Å². The molecule has 106 valence electrons. The van der Waals surface area contributed by atoms with Crippen LogP contribution in [-0.2, 0) is 10.8 Å². The van der Waals surface area contributed by atoms with E-state index >= 15 is 0 Å². The van der Waals surface area contributed by atoms with Crippen LogP contribution in [0.25, 0.3) is 0 Å². The van der Waals surface area contributed by atoms with E-state index in [2.05, 4.69) is 56.4 Å². The second-order valence-electron chi connectivity index (χ2n) is 6.38. The molecule has 0 aromatic heterocycles. The number of nitrogens with one attached hydrogen (secondary N) is 1. The van der Waals surface area contributed by atoms with Crippen molar-refractivity contribution in [2.24, 2.45) is 5.41 Å². The smallest absolute Gasteiger partial charge is 0.0383 e. The van der Waals surface area contributed by atoms with Gasteiger partial charge in [-0.2, -0.15) is 0 Å². The molecule has 0 radical (unpaired) electrons. The summed E-state index contributed by atoms with van der Waals surface area (Å²) in [7, 11) is -0.722. The first-order chi connectivity index (χ1) is 8.91. The van der Waals surface area contributed by atoms with E-state index in [1.807, 2.05) is 0 Å². The van der Waals surface area contributed by atoms with Crippen LogP contribution >= 0.6 is 0 Å². The normalized spacial score (nSPS) is 28.4. The molecule has 1 aromatic rings. The zero-order chi connectivity index (χ0) is 14.0. The summed E-state index contributed by atoms with van der Waals surface area (Å²) < 4.78 is 11.3.